The lowest BCUT2D eigenvalue weighted by Crippen LogP contribution is -2.36. The van der Waals surface area contributed by atoms with Gasteiger partial charge in [-0.2, -0.15) is 10.2 Å². The van der Waals surface area contributed by atoms with E-state index in [9.17, 15) is 0 Å². The molecule has 4 rings (SSSR count). The summed E-state index contributed by atoms with van der Waals surface area (Å²) in [6, 6.07) is 2.17. The van der Waals surface area contributed by atoms with Gasteiger partial charge in [-0.25, -0.2) is 9.67 Å². The SMILES string of the molecule is Cc1c(C(C)C)c(I)nn1-c1cc2cn(C)nc2nc1CN1CCOCC1. The second kappa shape index (κ2) is 7.48. The maximum absolute atomic E-state index is 5.49. The van der Waals surface area contributed by atoms with Crippen LogP contribution in [0.25, 0.3) is 16.7 Å². The molecule has 0 amide bonds. The lowest BCUT2D eigenvalue weighted by atomic mass is 10.1. The van der Waals surface area contributed by atoms with Crippen LogP contribution in [-0.4, -0.2) is 55.7 Å². The molecular weight excluding hydrogens is 455 g/mol. The van der Waals surface area contributed by atoms with Crippen LogP contribution in [0.15, 0.2) is 12.3 Å². The van der Waals surface area contributed by atoms with Gasteiger partial charge in [0.1, 0.15) is 3.70 Å². The standard InChI is InChI=1S/C19H25IN6O/c1-12(2)17-13(3)26(22-18(17)20)16-9-14-10-24(4)23-19(14)21-15(16)11-25-5-7-27-8-6-25/h9-10,12H,5-8,11H2,1-4H3. The summed E-state index contributed by atoms with van der Waals surface area (Å²) in [6.07, 6.45) is 2.01. The highest BCUT2D eigenvalue weighted by Crippen LogP contribution is 2.29. The molecule has 1 aliphatic rings. The van der Waals surface area contributed by atoms with Crippen LogP contribution in [0, 0.1) is 10.6 Å². The quantitative estimate of drug-likeness (QED) is 0.538. The first-order chi connectivity index (χ1) is 12.9. The third-order valence-corrected chi connectivity index (χ3v) is 5.86. The molecule has 3 aromatic heterocycles. The first kappa shape index (κ1) is 18.8. The van der Waals surface area contributed by atoms with E-state index in [0.29, 0.717) is 5.92 Å². The van der Waals surface area contributed by atoms with Gasteiger partial charge in [0.25, 0.3) is 0 Å². The second-order valence-corrected chi connectivity index (χ2v) is 8.44. The normalized spacial score (nSPS) is 15.9. The van der Waals surface area contributed by atoms with Crippen LogP contribution >= 0.6 is 22.6 Å². The Balaban J connectivity index is 1.84. The fraction of sp³-hybridized carbons (Fsp3) is 0.526. The lowest BCUT2D eigenvalue weighted by molar-refractivity contribution is 0.0336. The first-order valence-corrected chi connectivity index (χ1v) is 10.4. The van der Waals surface area contributed by atoms with E-state index in [2.05, 4.69) is 64.1 Å². The molecular formula is C19H25IN6O. The van der Waals surface area contributed by atoms with Gasteiger partial charge in [-0.15, -0.1) is 0 Å². The first-order valence-electron chi connectivity index (χ1n) is 9.33. The molecule has 27 heavy (non-hydrogen) atoms. The highest BCUT2D eigenvalue weighted by atomic mass is 127. The number of ether oxygens (including phenoxy) is 1. The summed E-state index contributed by atoms with van der Waals surface area (Å²) < 4.78 is 10.4. The van der Waals surface area contributed by atoms with Crippen molar-refractivity contribution < 1.29 is 4.74 Å². The van der Waals surface area contributed by atoms with Crippen molar-refractivity contribution >= 4 is 33.6 Å². The number of fused-ring (bicyclic) bond motifs is 1. The van der Waals surface area contributed by atoms with Crippen LogP contribution in [0.3, 0.4) is 0 Å². The minimum atomic E-state index is 0.434. The van der Waals surface area contributed by atoms with Gasteiger partial charge in [-0.1, -0.05) is 13.8 Å². The van der Waals surface area contributed by atoms with Gasteiger partial charge in [-0.05, 0) is 41.5 Å². The zero-order valence-electron chi connectivity index (χ0n) is 16.2. The van der Waals surface area contributed by atoms with Crippen LogP contribution in [0.1, 0.15) is 36.7 Å². The van der Waals surface area contributed by atoms with E-state index in [1.165, 1.54) is 11.3 Å². The molecule has 0 unspecified atom stereocenters. The van der Waals surface area contributed by atoms with E-state index in [1.807, 2.05) is 17.9 Å². The van der Waals surface area contributed by atoms with E-state index >= 15 is 0 Å². The molecule has 1 saturated heterocycles. The number of hydrogen-bond acceptors (Lipinski definition) is 5. The minimum Gasteiger partial charge on any atom is -0.379 e. The van der Waals surface area contributed by atoms with Crippen molar-refractivity contribution in [3.8, 4) is 5.69 Å². The zero-order valence-corrected chi connectivity index (χ0v) is 18.4. The van der Waals surface area contributed by atoms with Crippen molar-refractivity contribution in [3.05, 3.63) is 32.9 Å². The molecule has 3 aromatic rings. The van der Waals surface area contributed by atoms with Crippen molar-refractivity contribution in [1.29, 1.82) is 0 Å². The number of rotatable bonds is 4. The highest BCUT2D eigenvalue weighted by molar-refractivity contribution is 14.1. The number of nitrogens with zero attached hydrogens (tertiary/aromatic N) is 6. The number of aromatic nitrogens is 5. The fourth-order valence-electron chi connectivity index (χ4n) is 3.74. The highest BCUT2D eigenvalue weighted by Gasteiger charge is 2.21. The summed E-state index contributed by atoms with van der Waals surface area (Å²) in [5, 5.41) is 10.4. The average Bonchev–Trinajstić information content (AvgIpc) is 3.12. The molecule has 0 spiro atoms. The second-order valence-electron chi connectivity index (χ2n) is 7.41. The van der Waals surface area contributed by atoms with Crippen molar-refractivity contribution in [2.45, 2.75) is 33.2 Å². The summed E-state index contributed by atoms with van der Waals surface area (Å²) >= 11 is 2.34. The molecule has 0 aliphatic carbocycles. The topological polar surface area (TPSA) is 61.0 Å². The Bertz CT molecular complexity index is 970. The zero-order chi connectivity index (χ0) is 19.1. The predicted molar refractivity (Wildman–Crippen MR) is 113 cm³/mol. The lowest BCUT2D eigenvalue weighted by Gasteiger charge is -2.27. The smallest absolute Gasteiger partial charge is 0.181 e. The summed E-state index contributed by atoms with van der Waals surface area (Å²) in [7, 11) is 1.93. The number of pyridine rings is 1. The molecule has 8 heteroatoms. The summed E-state index contributed by atoms with van der Waals surface area (Å²) in [5.41, 5.74) is 5.33. The van der Waals surface area contributed by atoms with E-state index in [0.717, 1.165) is 59.0 Å². The molecule has 1 fully saturated rings. The van der Waals surface area contributed by atoms with Crippen molar-refractivity contribution in [1.82, 2.24) is 29.4 Å². The van der Waals surface area contributed by atoms with Gasteiger partial charge in [0.05, 0.1) is 24.6 Å². The molecule has 0 atom stereocenters. The van der Waals surface area contributed by atoms with Crippen LogP contribution in [0.2, 0.25) is 0 Å². The number of aryl methyl sites for hydroxylation is 1. The van der Waals surface area contributed by atoms with Crippen molar-refractivity contribution in [2.24, 2.45) is 7.05 Å². The molecule has 7 nitrogen and oxygen atoms in total. The van der Waals surface area contributed by atoms with E-state index < -0.39 is 0 Å². The minimum absolute atomic E-state index is 0.434. The Morgan fingerprint density at radius 3 is 2.63 bits per heavy atom. The van der Waals surface area contributed by atoms with Gasteiger partial charge in [0.15, 0.2) is 5.65 Å². The van der Waals surface area contributed by atoms with Crippen molar-refractivity contribution in [2.75, 3.05) is 26.3 Å². The van der Waals surface area contributed by atoms with Crippen LogP contribution in [0.5, 0.6) is 0 Å². The molecule has 0 bridgehead atoms. The summed E-state index contributed by atoms with van der Waals surface area (Å²) in [6.45, 7) is 10.8. The van der Waals surface area contributed by atoms with E-state index in [1.54, 1.807) is 0 Å². The molecule has 0 radical (unpaired) electrons. The number of hydrogen-bond donors (Lipinski definition) is 0. The Kier molecular flexibility index (Phi) is 5.21. The number of morpholine rings is 1. The Labute approximate surface area is 172 Å². The van der Waals surface area contributed by atoms with Gasteiger partial charge >= 0.3 is 0 Å². The van der Waals surface area contributed by atoms with Gasteiger partial charge in [-0.3, -0.25) is 9.58 Å². The van der Waals surface area contributed by atoms with E-state index in [4.69, 9.17) is 14.8 Å². The largest absolute Gasteiger partial charge is 0.379 e. The van der Waals surface area contributed by atoms with Crippen LogP contribution < -0.4 is 0 Å². The van der Waals surface area contributed by atoms with E-state index in [-0.39, 0.29) is 0 Å². The summed E-state index contributed by atoms with van der Waals surface area (Å²) in [5.74, 6) is 0.434. The molecule has 0 aromatic carbocycles. The van der Waals surface area contributed by atoms with Crippen molar-refractivity contribution in [3.63, 3.8) is 0 Å². The third kappa shape index (κ3) is 3.62. The maximum atomic E-state index is 5.49. The monoisotopic (exact) mass is 480 g/mol. The third-order valence-electron chi connectivity index (χ3n) is 5.07. The molecule has 1 aliphatic heterocycles. The molecule has 144 valence electrons. The fourth-order valence-corrected chi connectivity index (χ4v) is 4.97. The molecule has 4 heterocycles. The van der Waals surface area contributed by atoms with Crippen LogP contribution in [-0.2, 0) is 18.3 Å². The molecule has 0 N–H and O–H groups in total. The van der Waals surface area contributed by atoms with Gasteiger partial charge in [0, 0.05) is 49.5 Å². The Morgan fingerprint density at radius 2 is 1.96 bits per heavy atom. The number of halogens is 1. The van der Waals surface area contributed by atoms with Crippen LogP contribution in [0.4, 0.5) is 0 Å². The maximum Gasteiger partial charge on any atom is 0.181 e. The Hall–Kier alpha value is -1.52. The van der Waals surface area contributed by atoms with Gasteiger partial charge < -0.3 is 4.74 Å². The summed E-state index contributed by atoms with van der Waals surface area (Å²) in [4.78, 5) is 7.30. The van der Waals surface area contributed by atoms with Gasteiger partial charge in [0.2, 0.25) is 0 Å². The molecule has 0 saturated carbocycles. The average molecular weight is 480 g/mol. The predicted octanol–water partition coefficient (Wildman–Crippen LogP) is 3.02. The Morgan fingerprint density at radius 1 is 1.22 bits per heavy atom.